The molecule has 1 fully saturated rings. The third-order valence-corrected chi connectivity index (χ3v) is 3.63. The monoisotopic (exact) mass is 278 g/mol. The van der Waals surface area contributed by atoms with Crippen LogP contribution < -0.4 is 10.5 Å². The first-order valence-corrected chi connectivity index (χ1v) is 6.89. The van der Waals surface area contributed by atoms with Gasteiger partial charge in [0, 0.05) is 25.9 Å². The number of rotatable bonds is 4. The second-order valence-electron chi connectivity index (χ2n) is 5.19. The minimum absolute atomic E-state index is 0.106. The number of methoxy groups -OCH3 is 1. The summed E-state index contributed by atoms with van der Waals surface area (Å²) in [5, 5.41) is 0. The molecule has 0 saturated carbocycles. The Morgan fingerprint density at radius 2 is 2.35 bits per heavy atom. The number of nitrogens with zero attached hydrogens (tertiary/aromatic N) is 1. The first kappa shape index (κ1) is 14.7. The van der Waals surface area contributed by atoms with Crippen LogP contribution in [-0.4, -0.2) is 44.7 Å². The van der Waals surface area contributed by atoms with E-state index in [0.717, 1.165) is 26.1 Å². The molecule has 1 aliphatic rings. The molecule has 1 aliphatic heterocycles. The molecule has 0 aromatic heterocycles. The number of ether oxygens (including phenoxy) is 2. The van der Waals surface area contributed by atoms with Gasteiger partial charge < -0.3 is 20.1 Å². The van der Waals surface area contributed by atoms with Crippen LogP contribution in [0, 0.1) is 5.92 Å². The van der Waals surface area contributed by atoms with Crippen LogP contribution in [0.4, 0.5) is 5.69 Å². The smallest absolute Gasteiger partial charge is 0.259 e. The zero-order chi connectivity index (χ0) is 14.5. The normalized spacial score (nSPS) is 18.6. The topological polar surface area (TPSA) is 64.8 Å². The van der Waals surface area contributed by atoms with Crippen molar-refractivity contribution in [3.8, 4) is 5.75 Å². The maximum Gasteiger partial charge on any atom is 0.259 e. The summed E-state index contributed by atoms with van der Waals surface area (Å²) < 4.78 is 10.7. The molecule has 0 radical (unpaired) electrons. The zero-order valence-electron chi connectivity index (χ0n) is 12.1. The molecule has 110 valence electrons. The van der Waals surface area contributed by atoms with E-state index >= 15 is 0 Å². The summed E-state index contributed by atoms with van der Waals surface area (Å²) in [5.41, 5.74) is 6.80. The number of carbonyl (C=O) groups is 1. The molecule has 1 saturated heterocycles. The minimum atomic E-state index is -0.106. The van der Waals surface area contributed by atoms with E-state index in [9.17, 15) is 4.79 Å². The Labute approximate surface area is 119 Å². The third-order valence-electron chi connectivity index (χ3n) is 3.63. The second kappa shape index (κ2) is 6.61. The average Bonchev–Trinajstić information content (AvgIpc) is 2.47. The molecule has 20 heavy (non-hydrogen) atoms. The molecule has 0 aliphatic carbocycles. The summed E-state index contributed by atoms with van der Waals surface area (Å²) in [6.07, 6.45) is 2.16. The second-order valence-corrected chi connectivity index (χ2v) is 5.19. The van der Waals surface area contributed by atoms with Crippen molar-refractivity contribution in [2.24, 2.45) is 5.92 Å². The number of carbonyl (C=O) groups excluding carboxylic acids is 1. The fourth-order valence-corrected chi connectivity index (χ4v) is 2.56. The highest BCUT2D eigenvalue weighted by Gasteiger charge is 2.23. The molecule has 1 aromatic carbocycles. The van der Waals surface area contributed by atoms with Gasteiger partial charge in [-0.15, -0.1) is 0 Å². The summed E-state index contributed by atoms with van der Waals surface area (Å²) in [5.74, 6) is 0.806. The Kier molecular flexibility index (Phi) is 4.84. The van der Waals surface area contributed by atoms with Gasteiger partial charge in [0.2, 0.25) is 0 Å². The lowest BCUT2D eigenvalue weighted by Gasteiger charge is -2.27. The van der Waals surface area contributed by atoms with E-state index in [0.29, 0.717) is 29.5 Å². The third kappa shape index (κ3) is 3.22. The van der Waals surface area contributed by atoms with Crippen LogP contribution in [0.25, 0.3) is 0 Å². The minimum Gasteiger partial charge on any atom is -0.496 e. The van der Waals surface area contributed by atoms with Crippen molar-refractivity contribution in [3.05, 3.63) is 23.8 Å². The van der Waals surface area contributed by atoms with Crippen molar-refractivity contribution in [1.82, 2.24) is 4.90 Å². The highest BCUT2D eigenvalue weighted by molar-refractivity contribution is 6.01. The van der Waals surface area contributed by atoms with Gasteiger partial charge in [-0.05, 0) is 30.9 Å². The largest absolute Gasteiger partial charge is 0.496 e. The molecular weight excluding hydrogens is 256 g/mol. The summed E-state index contributed by atoms with van der Waals surface area (Å²) in [7, 11) is 3.34. The molecule has 1 unspecified atom stereocenters. The van der Waals surface area contributed by atoms with E-state index < -0.39 is 0 Å². The molecule has 1 atom stereocenters. The number of amides is 1. The molecular formula is C15H22N2O3. The number of benzene rings is 1. The first-order valence-electron chi connectivity index (χ1n) is 6.89. The van der Waals surface area contributed by atoms with Gasteiger partial charge in [-0.25, -0.2) is 0 Å². The van der Waals surface area contributed by atoms with Gasteiger partial charge in [0.05, 0.1) is 13.7 Å². The molecule has 5 heteroatoms. The summed E-state index contributed by atoms with van der Waals surface area (Å²) in [6, 6.07) is 5.24. The summed E-state index contributed by atoms with van der Waals surface area (Å²) >= 11 is 0. The van der Waals surface area contributed by atoms with Crippen LogP contribution in [0.3, 0.4) is 0 Å². The number of hydrogen-bond donors (Lipinski definition) is 1. The fraction of sp³-hybridized carbons (Fsp3) is 0.533. The SMILES string of the molecule is COc1cccc(N)c1C(=O)N(C)CC1CCCOC1. The quantitative estimate of drug-likeness (QED) is 0.853. The van der Waals surface area contributed by atoms with Crippen LogP contribution in [0.2, 0.25) is 0 Å². The van der Waals surface area contributed by atoms with Crippen molar-refractivity contribution in [1.29, 1.82) is 0 Å². The van der Waals surface area contributed by atoms with E-state index in [2.05, 4.69) is 0 Å². The number of anilines is 1. The van der Waals surface area contributed by atoms with Crippen molar-refractivity contribution in [3.63, 3.8) is 0 Å². The van der Waals surface area contributed by atoms with Gasteiger partial charge in [0.25, 0.3) is 5.91 Å². The zero-order valence-corrected chi connectivity index (χ0v) is 12.1. The highest BCUT2D eigenvalue weighted by Crippen LogP contribution is 2.26. The Morgan fingerprint density at radius 1 is 1.55 bits per heavy atom. The first-order chi connectivity index (χ1) is 9.63. The van der Waals surface area contributed by atoms with Crippen LogP contribution in [-0.2, 0) is 4.74 Å². The Balaban J connectivity index is 2.10. The van der Waals surface area contributed by atoms with E-state index in [1.165, 1.54) is 0 Å². The predicted octanol–water partition coefficient (Wildman–Crippen LogP) is 1.78. The maximum atomic E-state index is 12.5. The van der Waals surface area contributed by atoms with Crippen molar-refractivity contribution < 1.29 is 14.3 Å². The maximum absolute atomic E-state index is 12.5. The van der Waals surface area contributed by atoms with Crippen LogP contribution in [0.15, 0.2) is 18.2 Å². The van der Waals surface area contributed by atoms with Crippen molar-refractivity contribution >= 4 is 11.6 Å². The molecule has 5 nitrogen and oxygen atoms in total. The standard InChI is InChI=1S/C15H22N2O3/c1-17(9-11-5-4-8-20-10-11)15(18)14-12(16)6-3-7-13(14)19-2/h3,6-7,11H,4-5,8-10,16H2,1-2H3. The fourth-order valence-electron chi connectivity index (χ4n) is 2.56. The highest BCUT2D eigenvalue weighted by atomic mass is 16.5. The van der Waals surface area contributed by atoms with Gasteiger partial charge in [0.1, 0.15) is 11.3 Å². The molecule has 2 rings (SSSR count). The summed E-state index contributed by atoms with van der Waals surface area (Å²) in [4.78, 5) is 14.2. The van der Waals surface area contributed by atoms with E-state index in [-0.39, 0.29) is 5.91 Å². The Morgan fingerprint density at radius 3 is 3.00 bits per heavy atom. The van der Waals surface area contributed by atoms with Crippen LogP contribution in [0.5, 0.6) is 5.75 Å². The lowest BCUT2D eigenvalue weighted by atomic mass is 10.0. The lowest BCUT2D eigenvalue weighted by Crippen LogP contribution is -2.35. The van der Waals surface area contributed by atoms with Gasteiger partial charge in [-0.2, -0.15) is 0 Å². The van der Waals surface area contributed by atoms with Gasteiger partial charge in [-0.1, -0.05) is 6.07 Å². The van der Waals surface area contributed by atoms with Crippen LogP contribution >= 0.6 is 0 Å². The van der Waals surface area contributed by atoms with Gasteiger partial charge in [-0.3, -0.25) is 4.79 Å². The predicted molar refractivity (Wildman–Crippen MR) is 77.9 cm³/mol. The molecule has 0 bridgehead atoms. The number of nitrogen functional groups attached to an aromatic ring is 1. The average molecular weight is 278 g/mol. The molecule has 1 amide bonds. The van der Waals surface area contributed by atoms with Gasteiger partial charge >= 0.3 is 0 Å². The molecule has 1 heterocycles. The lowest BCUT2D eigenvalue weighted by molar-refractivity contribution is 0.0388. The molecule has 2 N–H and O–H groups in total. The van der Waals surface area contributed by atoms with Crippen molar-refractivity contribution in [2.45, 2.75) is 12.8 Å². The van der Waals surface area contributed by atoms with Crippen LogP contribution in [0.1, 0.15) is 23.2 Å². The number of nitrogens with two attached hydrogens (primary N) is 1. The van der Waals surface area contributed by atoms with Crippen molar-refractivity contribution in [2.75, 3.05) is 39.6 Å². The Hall–Kier alpha value is -1.75. The molecule has 0 spiro atoms. The number of hydrogen-bond acceptors (Lipinski definition) is 4. The van der Waals surface area contributed by atoms with E-state index in [1.807, 2.05) is 0 Å². The Bertz CT molecular complexity index is 470. The molecule has 1 aromatic rings. The van der Waals surface area contributed by atoms with Gasteiger partial charge in [0.15, 0.2) is 0 Å². The van der Waals surface area contributed by atoms with E-state index in [4.69, 9.17) is 15.2 Å². The summed E-state index contributed by atoms with van der Waals surface area (Å²) in [6.45, 7) is 2.23. The van der Waals surface area contributed by atoms with E-state index in [1.54, 1.807) is 37.3 Å².